The number of carbonyl (C=O) groups is 1. The van der Waals surface area contributed by atoms with Gasteiger partial charge < -0.3 is 9.88 Å². The summed E-state index contributed by atoms with van der Waals surface area (Å²) in [6, 6.07) is 7.96. The Kier molecular flexibility index (Phi) is 4.03. The van der Waals surface area contributed by atoms with Crippen LogP contribution in [0.4, 0.5) is 0 Å². The predicted molar refractivity (Wildman–Crippen MR) is 96.5 cm³/mol. The topological polar surface area (TPSA) is 66.8 Å². The standard InChI is InChI=1S/C19H23N5O/c1-13-9-14(2)24(22-13)11-16-5-3-4-8-23(16)19(25)15-6-7-17-18(10-15)21-12-20-17/h6-7,9-10,12,16H,3-5,8,11H2,1-2H3,(H,20,21)/t16-/m0/s1. The minimum absolute atomic E-state index is 0.0998. The van der Waals surface area contributed by atoms with Gasteiger partial charge in [0, 0.05) is 17.8 Å². The van der Waals surface area contributed by atoms with Crippen molar-refractivity contribution in [3.8, 4) is 0 Å². The number of aryl methyl sites for hydroxylation is 2. The molecule has 6 heteroatoms. The van der Waals surface area contributed by atoms with Gasteiger partial charge in [-0.15, -0.1) is 0 Å². The van der Waals surface area contributed by atoms with Crippen LogP contribution in [-0.4, -0.2) is 43.1 Å². The maximum atomic E-state index is 13.1. The van der Waals surface area contributed by atoms with Gasteiger partial charge in [-0.25, -0.2) is 4.98 Å². The number of piperidine rings is 1. The van der Waals surface area contributed by atoms with E-state index in [1.54, 1.807) is 6.33 Å². The van der Waals surface area contributed by atoms with Crippen LogP contribution in [0.15, 0.2) is 30.6 Å². The molecule has 1 amide bonds. The molecule has 3 aromatic rings. The summed E-state index contributed by atoms with van der Waals surface area (Å²) in [5.41, 5.74) is 4.68. The highest BCUT2D eigenvalue weighted by Crippen LogP contribution is 2.23. The molecule has 1 aromatic carbocycles. The summed E-state index contributed by atoms with van der Waals surface area (Å²) >= 11 is 0. The molecular weight excluding hydrogens is 314 g/mol. The van der Waals surface area contributed by atoms with Crippen molar-refractivity contribution in [2.45, 2.75) is 45.7 Å². The van der Waals surface area contributed by atoms with Crippen molar-refractivity contribution in [1.82, 2.24) is 24.6 Å². The quantitative estimate of drug-likeness (QED) is 0.799. The number of benzene rings is 1. The lowest BCUT2D eigenvalue weighted by Crippen LogP contribution is -2.46. The number of fused-ring (bicyclic) bond motifs is 1. The van der Waals surface area contributed by atoms with Gasteiger partial charge in [-0.2, -0.15) is 5.10 Å². The van der Waals surface area contributed by atoms with Crippen molar-refractivity contribution in [2.75, 3.05) is 6.54 Å². The first-order valence-electron chi connectivity index (χ1n) is 8.87. The largest absolute Gasteiger partial charge is 0.345 e. The molecule has 0 aliphatic carbocycles. The molecule has 1 fully saturated rings. The number of aromatic nitrogens is 4. The van der Waals surface area contributed by atoms with Crippen molar-refractivity contribution in [1.29, 1.82) is 0 Å². The molecular formula is C19H23N5O. The maximum absolute atomic E-state index is 13.1. The van der Waals surface area contributed by atoms with Crippen LogP contribution in [0, 0.1) is 13.8 Å². The summed E-state index contributed by atoms with van der Waals surface area (Å²) in [4.78, 5) is 22.4. The maximum Gasteiger partial charge on any atom is 0.254 e. The number of nitrogens with one attached hydrogen (secondary N) is 1. The zero-order chi connectivity index (χ0) is 17.4. The van der Waals surface area contributed by atoms with Crippen LogP contribution in [0.2, 0.25) is 0 Å². The molecule has 2 aromatic heterocycles. The molecule has 0 unspecified atom stereocenters. The van der Waals surface area contributed by atoms with Gasteiger partial charge in [-0.05, 0) is 57.4 Å². The number of rotatable bonds is 3. The first-order valence-corrected chi connectivity index (χ1v) is 8.87. The zero-order valence-electron chi connectivity index (χ0n) is 14.7. The minimum atomic E-state index is 0.0998. The Morgan fingerprint density at radius 2 is 2.16 bits per heavy atom. The monoisotopic (exact) mass is 337 g/mol. The molecule has 0 radical (unpaired) electrons. The molecule has 25 heavy (non-hydrogen) atoms. The molecule has 0 bridgehead atoms. The van der Waals surface area contributed by atoms with Crippen LogP contribution >= 0.6 is 0 Å². The molecule has 4 rings (SSSR count). The van der Waals surface area contributed by atoms with Gasteiger partial charge in [0.05, 0.1) is 35.6 Å². The number of likely N-dealkylation sites (tertiary alicyclic amines) is 1. The second kappa shape index (κ2) is 6.35. The smallest absolute Gasteiger partial charge is 0.254 e. The Labute approximate surface area is 146 Å². The van der Waals surface area contributed by atoms with E-state index in [1.165, 1.54) is 0 Å². The lowest BCUT2D eigenvalue weighted by Gasteiger charge is -2.36. The highest BCUT2D eigenvalue weighted by atomic mass is 16.2. The first-order chi connectivity index (χ1) is 12.1. The summed E-state index contributed by atoms with van der Waals surface area (Å²) < 4.78 is 2.03. The van der Waals surface area contributed by atoms with Gasteiger partial charge in [0.25, 0.3) is 5.91 Å². The lowest BCUT2D eigenvalue weighted by molar-refractivity contribution is 0.0583. The van der Waals surface area contributed by atoms with Crippen LogP contribution in [0.25, 0.3) is 11.0 Å². The summed E-state index contributed by atoms with van der Waals surface area (Å²) in [7, 11) is 0. The number of hydrogen-bond donors (Lipinski definition) is 1. The minimum Gasteiger partial charge on any atom is -0.345 e. The van der Waals surface area contributed by atoms with Crippen LogP contribution in [0.5, 0.6) is 0 Å². The molecule has 1 saturated heterocycles. The second-order valence-corrected chi connectivity index (χ2v) is 6.89. The van der Waals surface area contributed by atoms with E-state index in [9.17, 15) is 4.79 Å². The fraction of sp³-hybridized carbons (Fsp3) is 0.421. The Morgan fingerprint density at radius 3 is 2.96 bits per heavy atom. The van der Waals surface area contributed by atoms with E-state index in [0.29, 0.717) is 0 Å². The predicted octanol–water partition coefficient (Wildman–Crippen LogP) is 3.07. The van der Waals surface area contributed by atoms with E-state index in [4.69, 9.17) is 0 Å². The van der Waals surface area contributed by atoms with Crippen molar-refractivity contribution < 1.29 is 4.79 Å². The fourth-order valence-corrected chi connectivity index (χ4v) is 3.75. The van der Waals surface area contributed by atoms with Crippen molar-refractivity contribution in [2.24, 2.45) is 0 Å². The van der Waals surface area contributed by atoms with Gasteiger partial charge in [-0.1, -0.05) is 0 Å². The number of H-pyrrole nitrogens is 1. The van der Waals surface area contributed by atoms with Gasteiger partial charge in [0.15, 0.2) is 0 Å². The first kappa shape index (κ1) is 15.9. The van der Waals surface area contributed by atoms with Gasteiger partial charge >= 0.3 is 0 Å². The highest BCUT2D eigenvalue weighted by Gasteiger charge is 2.28. The third-order valence-electron chi connectivity index (χ3n) is 5.04. The number of hydrogen-bond acceptors (Lipinski definition) is 3. The molecule has 1 aliphatic rings. The molecule has 0 spiro atoms. The third-order valence-corrected chi connectivity index (χ3v) is 5.04. The van der Waals surface area contributed by atoms with Crippen molar-refractivity contribution in [3.05, 3.63) is 47.5 Å². The number of imidazole rings is 1. The van der Waals surface area contributed by atoms with Crippen LogP contribution in [0.3, 0.4) is 0 Å². The number of amides is 1. The summed E-state index contributed by atoms with van der Waals surface area (Å²) in [6.07, 6.45) is 4.90. The fourth-order valence-electron chi connectivity index (χ4n) is 3.75. The van der Waals surface area contributed by atoms with Crippen LogP contribution in [0.1, 0.15) is 41.0 Å². The van der Waals surface area contributed by atoms with E-state index in [2.05, 4.69) is 28.1 Å². The summed E-state index contributed by atoms with van der Waals surface area (Å²) in [5.74, 6) is 0.0998. The SMILES string of the molecule is Cc1cc(C)n(C[C@@H]2CCCCN2C(=O)c2ccc3nc[nH]c3c2)n1. The molecule has 1 aliphatic heterocycles. The lowest BCUT2D eigenvalue weighted by atomic mass is 10.0. The average molecular weight is 337 g/mol. The van der Waals surface area contributed by atoms with E-state index in [0.717, 1.165) is 60.3 Å². The Bertz CT molecular complexity index is 910. The molecule has 1 N–H and O–H groups in total. The Balaban J connectivity index is 1.59. The van der Waals surface area contributed by atoms with Crippen molar-refractivity contribution >= 4 is 16.9 Å². The average Bonchev–Trinajstić information content (AvgIpc) is 3.20. The van der Waals surface area contributed by atoms with E-state index in [-0.39, 0.29) is 11.9 Å². The van der Waals surface area contributed by atoms with Gasteiger partial charge in [0.1, 0.15) is 0 Å². The third kappa shape index (κ3) is 3.04. The van der Waals surface area contributed by atoms with Gasteiger partial charge in [-0.3, -0.25) is 9.48 Å². The van der Waals surface area contributed by atoms with Crippen LogP contribution in [-0.2, 0) is 6.54 Å². The molecule has 0 saturated carbocycles. The molecule has 3 heterocycles. The molecule has 6 nitrogen and oxygen atoms in total. The zero-order valence-corrected chi connectivity index (χ0v) is 14.7. The number of carbonyl (C=O) groups excluding carboxylic acids is 1. The molecule has 1 atom stereocenters. The second-order valence-electron chi connectivity index (χ2n) is 6.89. The summed E-state index contributed by atoms with van der Waals surface area (Å²) in [6.45, 7) is 5.65. The van der Waals surface area contributed by atoms with Crippen molar-refractivity contribution in [3.63, 3.8) is 0 Å². The van der Waals surface area contributed by atoms with E-state index < -0.39 is 0 Å². The Morgan fingerprint density at radius 1 is 1.28 bits per heavy atom. The van der Waals surface area contributed by atoms with Crippen LogP contribution < -0.4 is 0 Å². The normalized spacial score (nSPS) is 18.0. The number of aromatic amines is 1. The van der Waals surface area contributed by atoms with E-state index >= 15 is 0 Å². The summed E-state index contributed by atoms with van der Waals surface area (Å²) in [5, 5.41) is 4.57. The number of nitrogens with zero attached hydrogens (tertiary/aromatic N) is 4. The highest BCUT2D eigenvalue weighted by molar-refractivity contribution is 5.97. The Hall–Kier alpha value is -2.63. The molecule has 130 valence electrons. The van der Waals surface area contributed by atoms with E-state index in [1.807, 2.05) is 34.7 Å². The van der Waals surface area contributed by atoms with Gasteiger partial charge in [0.2, 0.25) is 0 Å².